The minimum atomic E-state index is 0.329. The Kier molecular flexibility index (Phi) is 3.35. The van der Waals surface area contributed by atoms with Crippen LogP contribution in [0.5, 0.6) is 0 Å². The molecule has 0 bridgehead atoms. The van der Waals surface area contributed by atoms with Crippen molar-refractivity contribution in [2.75, 3.05) is 5.43 Å². The van der Waals surface area contributed by atoms with Crippen LogP contribution in [0.25, 0.3) is 10.9 Å². The average molecular weight is 286 g/mol. The van der Waals surface area contributed by atoms with Crippen molar-refractivity contribution in [3.05, 3.63) is 53.6 Å². The highest BCUT2D eigenvalue weighted by Crippen LogP contribution is 2.18. The summed E-state index contributed by atoms with van der Waals surface area (Å²) in [5.41, 5.74) is 5.83. The second-order valence-corrected chi connectivity index (χ2v) is 4.67. The highest BCUT2D eigenvalue weighted by molar-refractivity contribution is 6.29. The van der Waals surface area contributed by atoms with E-state index in [2.05, 4.69) is 31.5 Å². The van der Waals surface area contributed by atoms with E-state index < -0.39 is 0 Å². The van der Waals surface area contributed by atoms with Gasteiger partial charge in [0, 0.05) is 22.7 Å². The standard InChI is InChI=1S/C14H12ClN5/c1-9(19-20-14-8-16-7-13(15)18-14)11-6-17-12-5-3-2-4-10(11)12/h2-8,17H,1H3,(H,18,20)/b19-9+. The number of hydrogen-bond acceptors (Lipinski definition) is 4. The van der Waals surface area contributed by atoms with Crippen LogP contribution in [0, 0.1) is 0 Å². The Labute approximate surface area is 120 Å². The highest BCUT2D eigenvalue weighted by atomic mass is 35.5. The smallest absolute Gasteiger partial charge is 0.166 e. The molecule has 2 N–H and O–H groups in total. The van der Waals surface area contributed by atoms with Crippen LogP contribution in [0.1, 0.15) is 12.5 Å². The predicted molar refractivity (Wildman–Crippen MR) is 81.2 cm³/mol. The number of hydrazone groups is 1. The Morgan fingerprint density at radius 3 is 3.00 bits per heavy atom. The van der Waals surface area contributed by atoms with Gasteiger partial charge in [0.2, 0.25) is 0 Å². The first kappa shape index (κ1) is 12.6. The summed E-state index contributed by atoms with van der Waals surface area (Å²) in [5.74, 6) is 0.511. The van der Waals surface area contributed by atoms with E-state index in [4.69, 9.17) is 11.6 Å². The van der Waals surface area contributed by atoms with Gasteiger partial charge in [0.1, 0.15) is 5.15 Å². The number of benzene rings is 1. The second-order valence-electron chi connectivity index (χ2n) is 4.28. The minimum Gasteiger partial charge on any atom is -0.360 e. The Balaban J connectivity index is 1.88. The summed E-state index contributed by atoms with van der Waals surface area (Å²) in [7, 11) is 0. The summed E-state index contributed by atoms with van der Waals surface area (Å²) >= 11 is 5.77. The van der Waals surface area contributed by atoms with Crippen molar-refractivity contribution in [2.24, 2.45) is 5.10 Å². The summed E-state index contributed by atoms with van der Waals surface area (Å²) < 4.78 is 0. The zero-order valence-corrected chi connectivity index (χ0v) is 11.5. The maximum atomic E-state index is 5.77. The Morgan fingerprint density at radius 1 is 1.30 bits per heavy atom. The lowest BCUT2D eigenvalue weighted by Gasteiger charge is -2.02. The Bertz CT molecular complexity index is 778. The van der Waals surface area contributed by atoms with Crippen LogP contribution in [0.3, 0.4) is 0 Å². The number of fused-ring (bicyclic) bond motifs is 1. The lowest BCUT2D eigenvalue weighted by molar-refractivity contribution is 1.15. The quantitative estimate of drug-likeness (QED) is 0.572. The lowest BCUT2D eigenvalue weighted by Crippen LogP contribution is -2.00. The van der Waals surface area contributed by atoms with Crippen molar-refractivity contribution in [2.45, 2.75) is 6.92 Å². The zero-order valence-electron chi connectivity index (χ0n) is 10.8. The molecule has 0 saturated heterocycles. The molecule has 0 unspecified atom stereocenters. The SMILES string of the molecule is C/C(=N\Nc1cncc(Cl)n1)c1c[nH]c2ccccc12. The summed E-state index contributed by atoms with van der Waals surface area (Å²) in [5, 5.41) is 5.77. The third-order valence-corrected chi connectivity index (χ3v) is 3.10. The van der Waals surface area contributed by atoms with Crippen molar-refractivity contribution < 1.29 is 0 Å². The molecule has 0 radical (unpaired) electrons. The number of hydrogen-bond donors (Lipinski definition) is 2. The van der Waals surface area contributed by atoms with Gasteiger partial charge in [0.05, 0.1) is 18.1 Å². The fourth-order valence-corrected chi connectivity index (χ4v) is 2.12. The van der Waals surface area contributed by atoms with Crippen molar-refractivity contribution in [3.8, 4) is 0 Å². The van der Waals surface area contributed by atoms with Crippen LogP contribution in [-0.2, 0) is 0 Å². The van der Waals surface area contributed by atoms with Crippen molar-refractivity contribution in [3.63, 3.8) is 0 Å². The lowest BCUT2D eigenvalue weighted by atomic mass is 10.1. The zero-order chi connectivity index (χ0) is 13.9. The highest BCUT2D eigenvalue weighted by Gasteiger charge is 2.05. The van der Waals surface area contributed by atoms with Crippen LogP contribution in [0.15, 0.2) is 48.0 Å². The molecule has 0 saturated carbocycles. The van der Waals surface area contributed by atoms with E-state index in [1.54, 1.807) is 6.20 Å². The van der Waals surface area contributed by atoms with Gasteiger partial charge in [0.25, 0.3) is 0 Å². The van der Waals surface area contributed by atoms with Crippen LogP contribution >= 0.6 is 11.6 Å². The van der Waals surface area contributed by atoms with Gasteiger partial charge in [-0.3, -0.25) is 10.4 Å². The van der Waals surface area contributed by atoms with Crippen LogP contribution in [-0.4, -0.2) is 20.7 Å². The van der Waals surface area contributed by atoms with Gasteiger partial charge in [-0.1, -0.05) is 29.8 Å². The van der Waals surface area contributed by atoms with Crippen molar-refractivity contribution in [1.29, 1.82) is 0 Å². The molecule has 20 heavy (non-hydrogen) atoms. The first-order valence-corrected chi connectivity index (χ1v) is 6.46. The molecule has 100 valence electrons. The van der Waals surface area contributed by atoms with E-state index in [1.807, 2.05) is 31.3 Å². The third kappa shape index (κ3) is 2.48. The van der Waals surface area contributed by atoms with Gasteiger partial charge in [-0.25, -0.2) is 4.98 Å². The van der Waals surface area contributed by atoms with Gasteiger partial charge >= 0.3 is 0 Å². The van der Waals surface area contributed by atoms with Gasteiger partial charge in [-0.2, -0.15) is 5.10 Å². The van der Waals surface area contributed by atoms with E-state index >= 15 is 0 Å². The second kappa shape index (κ2) is 5.30. The molecular weight excluding hydrogens is 274 g/mol. The number of rotatable bonds is 3. The summed E-state index contributed by atoms with van der Waals surface area (Å²) in [6, 6.07) is 8.08. The molecule has 2 heterocycles. The first-order valence-electron chi connectivity index (χ1n) is 6.08. The molecule has 0 fully saturated rings. The van der Waals surface area contributed by atoms with E-state index in [9.17, 15) is 0 Å². The molecule has 0 amide bonds. The number of aromatic nitrogens is 3. The van der Waals surface area contributed by atoms with Crippen LogP contribution in [0.4, 0.5) is 5.82 Å². The fraction of sp³-hybridized carbons (Fsp3) is 0.0714. The van der Waals surface area contributed by atoms with E-state index in [0.29, 0.717) is 11.0 Å². The van der Waals surface area contributed by atoms with Crippen molar-refractivity contribution in [1.82, 2.24) is 15.0 Å². The largest absolute Gasteiger partial charge is 0.360 e. The monoisotopic (exact) mass is 285 g/mol. The van der Waals surface area contributed by atoms with E-state index in [1.165, 1.54) is 6.20 Å². The normalized spacial score (nSPS) is 11.8. The molecule has 6 heteroatoms. The number of halogens is 1. The first-order chi connectivity index (χ1) is 9.74. The number of H-pyrrole nitrogens is 1. The Morgan fingerprint density at radius 2 is 2.15 bits per heavy atom. The van der Waals surface area contributed by atoms with Gasteiger partial charge < -0.3 is 4.98 Å². The van der Waals surface area contributed by atoms with E-state index in [-0.39, 0.29) is 0 Å². The molecule has 0 spiro atoms. The summed E-state index contributed by atoms with van der Waals surface area (Å²) in [6.07, 6.45) is 4.98. The molecule has 5 nitrogen and oxygen atoms in total. The molecule has 0 atom stereocenters. The van der Waals surface area contributed by atoms with Crippen molar-refractivity contribution >= 4 is 34.0 Å². The number of aromatic amines is 1. The van der Waals surface area contributed by atoms with E-state index in [0.717, 1.165) is 22.2 Å². The number of nitrogens with one attached hydrogen (secondary N) is 2. The maximum Gasteiger partial charge on any atom is 0.166 e. The number of anilines is 1. The summed E-state index contributed by atoms with van der Waals surface area (Å²) in [6.45, 7) is 1.93. The molecule has 3 rings (SSSR count). The average Bonchev–Trinajstić information content (AvgIpc) is 2.89. The molecule has 0 aliphatic carbocycles. The molecule has 0 aliphatic rings. The van der Waals surface area contributed by atoms with Crippen LogP contribution in [0.2, 0.25) is 5.15 Å². The van der Waals surface area contributed by atoms with Gasteiger partial charge in [-0.05, 0) is 13.0 Å². The molecular formula is C14H12ClN5. The minimum absolute atomic E-state index is 0.329. The summed E-state index contributed by atoms with van der Waals surface area (Å²) in [4.78, 5) is 11.2. The predicted octanol–water partition coefficient (Wildman–Crippen LogP) is 3.45. The van der Waals surface area contributed by atoms with Crippen LogP contribution < -0.4 is 5.43 Å². The molecule has 3 aromatic rings. The maximum absolute atomic E-state index is 5.77. The fourth-order valence-electron chi connectivity index (χ4n) is 1.97. The Hall–Kier alpha value is -2.40. The molecule has 0 aliphatic heterocycles. The topological polar surface area (TPSA) is 66.0 Å². The number of nitrogens with zero attached hydrogens (tertiary/aromatic N) is 3. The third-order valence-electron chi connectivity index (χ3n) is 2.92. The molecule has 1 aromatic carbocycles. The molecule has 2 aromatic heterocycles. The van der Waals surface area contributed by atoms with Gasteiger partial charge in [-0.15, -0.1) is 0 Å². The number of para-hydroxylation sites is 1. The van der Waals surface area contributed by atoms with Gasteiger partial charge in [0.15, 0.2) is 5.82 Å².